The highest BCUT2D eigenvalue weighted by atomic mass is 127. The normalized spacial score (nSPS) is 21.6. The summed E-state index contributed by atoms with van der Waals surface area (Å²) in [6.45, 7) is 7.17. The van der Waals surface area contributed by atoms with Gasteiger partial charge < -0.3 is 20.5 Å². The summed E-state index contributed by atoms with van der Waals surface area (Å²) in [4.78, 5) is 4.70. The largest absolute Gasteiger partial charge is 0.393 e. The topological polar surface area (TPSA) is 65.9 Å². The van der Waals surface area contributed by atoms with Crippen molar-refractivity contribution < 1.29 is 9.84 Å². The van der Waals surface area contributed by atoms with Crippen molar-refractivity contribution in [2.45, 2.75) is 58.3 Å². The van der Waals surface area contributed by atoms with Crippen LogP contribution in [0.2, 0.25) is 0 Å². The second-order valence-corrected chi connectivity index (χ2v) is 6.98. The minimum Gasteiger partial charge on any atom is -0.393 e. The van der Waals surface area contributed by atoms with Gasteiger partial charge in [0.15, 0.2) is 5.96 Å². The zero-order chi connectivity index (χ0) is 17.9. The number of guanidine groups is 1. The van der Waals surface area contributed by atoms with Gasteiger partial charge in [0.1, 0.15) is 0 Å². The van der Waals surface area contributed by atoms with Gasteiger partial charge in [0, 0.05) is 19.1 Å². The number of rotatable bonds is 8. The molecule has 5 nitrogen and oxygen atoms in total. The van der Waals surface area contributed by atoms with E-state index in [1.807, 2.05) is 18.2 Å². The third-order valence-electron chi connectivity index (χ3n) is 4.46. The Labute approximate surface area is 175 Å². The van der Waals surface area contributed by atoms with Gasteiger partial charge in [-0.05, 0) is 44.1 Å². The molecule has 0 bridgehead atoms. The lowest BCUT2D eigenvalue weighted by Gasteiger charge is -2.27. The highest BCUT2D eigenvalue weighted by Crippen LogP contribution is 2.18. The Balaban J connectivity index is 0.00000338. The molecule has 0 aliphatic heterocycles. The first-order chi connectivity index (χ1) is 12.2. The van der Waals surface area contributed by atoms with Crippen LogP contribution in [-0.4, -0.2) is 42.9 Å². The van der Waals surface area contributed by atoms with Crippen molar-refractivity contribution in [1.82, 2.24) is 10.6 Å². The highest BCUT2D eigenvalue weighted by Gasteiger charge is 2.20. The fourth-order valence-corrected chi connectivity index (χ4v) is 2.99. The monoisotopic (exact) mass is 475 g/mol. The smallest absolute Gasteiger partial charge is 0.191 e. The average molecular weight is 475 g/mol. The standard InChI is InChI=1S/C20H33N3O2.HI/c1-3-21-20(23-18-9-11-19(24)12-10-18)22-13-16(2)14-25-15-17-7-5-4-6-8-17;/h4-8,16,18-19,24H,3,9-15H2,1-2H3,(H2,21,22,23);1H. The van der Waals surface area contributed by atoms with E-state index in [4.69, 9.17) is 9.73 Å². The first-order valence-electron chi connectivity index (χ1n) is 9.52. The molecule has 0 spiro atoms. The molecule has 1 atom stereocenters. The maximum Gasteiger partial charge on any atom is 0.191 e. The molecule has 1 aromatic carbocycles. The Kier molecular flexibility index (Phi) is 11.9. The van der Waals surface area contributed by atoms with Crippen LogP contribution >= 0.6 is 24.0 Å². The molecule has 0 saturated heterocycles. The quantitative estimate of drug-likeness (QED) is 0.307. The molecule has 26 heavy (non-hydrogen) atoms. The first kappa shape index (κ1) is 23.2. The van der Waals surface area contributed by atoms with Gasteiger partial charge in [0.2, 0.25) is 0 Å². The number of ether oxygens (including phenoxy) is 1. The van der Waals surface area contributed by atoms with Crippen LogP contribution in [0.15, 0.2) is 35.3 Å². The van der Waals surface area contributed by atoms with E-state index in [1.165, 1.54) is 5.56 Å². The number of aliphatic hydroxyl groups is 1. The van der Waals surface area contributed by atoms with Gasteiger partial charge in [-0.2, -0.15) is 0 Å². The molecule has 2 rings (SSSR count). The molecule has 0 amide bonds. The summed E-state index contributed by atoms with van der Waals surface area (Å²) in [6.07, 6.45) is 3.63. The first-order valence-corrected chi connectivity index (χ1v) is 9.52. The van der Waals surface area contributed by atoms with Crippen LogP contribution in [0.5, 0.6) is 0 Å². The van der Waals surface area contributed by atoms with Gasteiger partial charge in [0.05, 0.1) is 19.3 Å². The third-order valence-corrected chi connectivity index (χ3v) is 4.46. The predicted molar refractivity (Wildman–Crippen MR) is 118 cm³/mol. The zero-order valence-electron chi connectivity index (χ0n) is 16.0. The molecule has 3 N–H and O–H groups in total. The molecule has 1 unspecified atom stereocenters. The number of aliphatic imine (C=N–C) groups is 1. The molecule has 6 heteroatoms. The number of hydrogen-bond donors (Lipinski definition) is 3. The molecule has 1 aliphatic rings. The zero-order valence-corrected chi connectivity index (χ0v) is 18.3. The third kappa shape index (κ3) is 9.19. The lowest BCUT2D eigenvalue weighted by atomic mass is 9.93. The van der Waals surface area contributed by atoms with Gasteiger partial charge in [-0.25, -0.2) is 0 Å². The summed E-state index contributed by atoms with van der Waals surface area (Å²) in [6, 6.07) is 10.7. The van der Waals surface area contributed by atoms with Gasteiger partial charge >= 0.3 is 0 Å². The van der Waals surface area contributed by atoms with Gasteiger partial charge in [-0.1, -0.05) is 37.3 Å². The Bertz CT molecular complexity index is 505. The van der Waals surface area contributed by atoms with Crippen molar-refractivity contribution in [3.63, 3.8) is 0 Å². The maximum absolute atomic E-state index is 9.62. The van der Waals surface area contributed by atoms with Crippen LogP contribution < -0.4 is 10.6 Å². The predicted octanol–water partition coefficient (Wildman–Crippen LogP) is 3.32. The molecule has 1 aliphatic carbocycles. The molecule has 1 fully saturated rings. The van der Waals surface area contributed by atoms with E-state index in [0.717, 1.165) is 44.7 Å². The Morgan fingerprint density at radius 3 is 2.58 bits per heavy atom. The second kappa shape index (κ2) is 13.3. The van der Waals surface area contributed by atoms with Crippen LogP contribution in [0.4, 0.5) is 0 Å². The molecular formula is C20H34IN3O2. The summed E-state index contributed by atoms with van der Waals surface area (Å²) < 4.78 is 5.80. The minimum absolute atomic E-state index is 0. The van der Waals surface area contributed by atoms with E-state index in [-0.39, 0.29) is 30.1 Å². The number of benzene rings is 1. The van der Waals surface area contributed by atoms with E-state index >= 15 is 0 Å². The molecular weight excluding hydrogens is 441 g/mol. The van der Waals surface area contributed by atoms with Crippen LogP contribution in [0.25, 0.3) is 0 Å². The number of halogens is 1. The summed E-state index contributed by atoms with van der Waals surface area (Å²) in [5.41, 5.74) is 1.20. The molecule has 1 saturated carbocycles. The minimum atomic E-state index is -0.126. The van der Waals surface area contributed by atoms with Gasteiger partial charge in [-0.15, -0.1) is 24.0 Å². The summed E-state index contributed by atoms with van der Waals surface area (Å²) in [5, 5.41) is 16.4. The maximum atomic E-state index is 9.62. The lowest BCUT2D eigenvalue weighted by molar-refractivity contribution is 0.0944. The lowest BCUT2D eigenvalue weighted by Crippen LogP contribution is -2.45. The van der Waals surface area contributed by atoms with E-state index in [1.54, 1.807) is 0 Å². The highest BCUT2D eigenvalue weighted by molar-refractivity contribution is 14.0. The van der Waals surface area contributed by atoms with Crippen LogP contribution in [0, 0.1) is 5.92 Å². The van der Waals surface area contributed by atoms with Gasteiger partial charge in [-0.3, -0.25) is 4.99 Å². The van der Waals surface area contributed by atoms with Gasteiger partial charge in [0.25, 0.3) is 0 Å². The van der Waals surface area contributed by atoms with Crippen molar-refractivity contribution in [1.29, 1.82) is 0 Å². The Morgan fingerprint density at radius 2 is 1.92 bits per heavy atom. The number of nitrogens with zero attached hydrogens (tertiary/aromatic N) is 1. The SMILES string of the molecule is CCNC(=NCC(C)COCc1ccccc1)NC1CCC(O)CC1.I. The van der Waals surface area contributed by atoms with Crippen molar-refractivity contribution in [3.8, 4) is 0 Å². The number of hydrogen-bond acceptors (Lipinski definition) is 3. The van der Waals surface area contributed by atoms with Crippen molar-refractivity contribution in [3.05, 3.63) is 35.9 Å². The summed E-state index contributed by atoms with van der Waals surface area (Å²) in [7, 11) is 0. The van der Waals surface area contributed by atoms with E-state index in [2.05, 4.69) is 36.6 Å². The number of nitrogens with one attached hydrogen (secondary N) is 2. The van der Waals surface area contributed by atoms with E-state index in [9.17, 15) is 5.11 Å². The average Bonchev–Trinajstić information content (AvgIpc) is 2.63. The van der Waals surface area contributed by atoms with Crippen LogP contribution in [-0.2, 0) is 11.3 Å². The molecule has 1 aromatic rings. The van der Waals surface area contributed by atoms with Crippen LogP contribution in [0.1, 0.15) is 45.1 Å². The Morgan fingerprint density at radius 1 is 1.23 bits per heavy atom. The Hall–Kier alpha value is -0.860. The summed E-state index contributed by atoms with van der Waals surface area (Å²) in [5.74, 6) is 1.24. The molecule has 0 heterocycles. The number of aliphatic hydroxyl groups excluding tert-OH is 1. The fourth-order valence-electron chi connectivity index (χ4n) is 2.99. The van der Waals surface area contributed by atoms with Crippen molar-refractivity contribution >= 4 is 29.9 Å². The fraction of sp³-hybridized carbons (Fsp3) is 0.650. The second-order valence-electron chi connectivity index (χ2n) is 6.98. The summed E-state index contributed by atoms with van der Waals surface area (Å²) >= 11 is 0. The van der Waals surface area contributed by atoms with Crippen molar-refractivity contribution in [2.75, 3.05) is 19.7 Å². The van der Waals surface area contributed by atoms with E-state index in [0.29, 0.717) is 25.2 Å². The van der Waals surface area contributed by atoms with E-state index < -0.39 is 0 Å². The molecule has 0 radical (unpaired) electrons. The van der Waals surface area contributed by atoms with Crippen LogP contribution in [0.3, 0.4) is 0 Å². The molecule has 148 valence electrons. The van der Waals surface area contributed by atoms with Crippen molar-refractivity contribution in [2.24, 2.45) is 10.9 Å². The molecule has 0 aromatic heterocycles.